The van der Waals surface area contributed by atoms with E-state index in [1.54, 1.807) is 0 Å². The van der Waals surface area contributed by atoms with Crippen molar-refractivity contribution in [3.8, 4) is 0 Å². The van der Waals surface area contributed by atoms with E-state index in [9.17, 15) is 4.79 Å². The number of rotatable bonds is 2. The third-order valence-corrected chi connectivity index (χ3v) is 1.43. The molecule has 1 amide bonds. The first-order valence-corrected chi connectivity index (χ1v) is 3.82. The second kappa shape index (κ2) is 4.31. The van der Waals surface area contributed by atoms with Gasteiger partial charge in [0.25, 0.3) is 5.91 Å². The maximum atomic E-state index is 11.1. The first-order valence-electron chi connectivity index (χ1n) is 3.82. The van der Waals surface area contributed by atoms with Crippen LogP contribution in [-0.4, -0.2) is 32.1 Å². The minimum atomic E-state index is -0.0975. The van der Waals surface area contributed by atoms with Gasteiger partial charge in [-0.1, -0.05) is 0 Å². The Morgan fingerprint density at radius 3 is 3.18 bits per heavy atom. The highest BCUT2D eigenvalue weighted by molar-refractivity contribution is 5.88. The van der Waals surface area contributed by atoms with Gasteiger partial charge in [0.15, 0.2) is 6.10 Å². The Bertz CT molecular complexity index is 132. The number of carbonyl (C=O) groups excluding carboxylic acids is 1. The second-order valence-electron chi connectivity index (χ2n) is 2.31. The summed E-state index contributed by atoms with van der Waals surface area (Å²) in [5.74, 6) is -0.0975. The predicted molar refractivity (Wildman–Crippen MR) is 40.7 cm³/mol. The van der Waals surface area contributed by atoms with Gasteiger partial charge in [0.1, 0.15) is 0 Å². The maximum absolute atomic E-state index is 11.1. The Morgan fingerprint density at radius 1 is 1.82 bits per heavy atom. The quantitative estimate of drug-likeness (QED) is 0.556. The number of hydrogen-bond donors (Lipinski definition) is 2. The molecule has 11 heavy (non-hydrogen) atoms. The standard InChI is InChI=1S/C7H13N2O2/c1-2-9-7(10)6-5-8-3-4-11-6/h8H,2-5H2,1H3,(H,9,10). The third kappa shape index (κ3) is 2.48. The molecule has 0 aromatic heterocycles. The molecule has 1 heterocycles. The van der Waals surface area contributed by atoms with Gasteiger partial charge in [0.2, 0.25) is 0 Å². The number of carbonyl (C=O) groups is 1. The van der Waals surface area contributed by atoms with Gasteiger partial charge in [-0.05, 0) is 6.92 Å². The van der Waals surface area contributed by atoms with Crippen molar-refractivity contribution in [1.82, 2.24) is 10.6 Å². The maximum Gasteiger partial charge on any atom is 0.257 e. The molecule has 0 aliphatic carbocycles. The molecule has 1 aliphatic heterocycles. The lowest BCUT2D eigenvalue weighted by Crippen LogP contribution is -2.42. The minimum Gasteiger partial charge on any atom is -0.359 e. The first kappa shape index (κ1) is 8.49. The Labute approximate surface area is 66.3 Å². The zero-order valence-electron chi connectivity index (χ0n) is 6.64. The van der Waals surface area contributed by atoms with Gasteiger partial charge in [0, 0.05) is 19.6 Å². The van der Waals surface area contributed by atoms with E-state index in [-0.39, 0.29) is 5.91 Å². The molecular formula is C7H13N2O2. The fourth-order valence-corrected chi connectivity index (χ4v) is 0.904. The highest BCUT2D eigenvalue weighted by Gasteiger charge is 2.22. The molecule has 1 rings (SSSR count). The summed E-state index contributed by atoms with van der Waals surface area (Å²) in [6, 6.07) is 0. The van der Waals surface area contributed by atoms with E-state index in [0.717, 1.165) is 6.54 Å². The molecule has 1 aliphatic rings. The monoisotopic (exact) mass is 157 g/mol. The molecule has 1 saturated heterocycles. The largest absolute Gasteiger partial charge is 0.359 e. The summed E-state index contributed by atoms with van der Waals surface area (Å²) in [5, 5.41) is 5.73. The van der Waals surface area contributed by atoms with Crippen LogP contribution in [0.15, 0.2) is 0 Å². The molecule has 0 saturated carbocycles. The molecule has 1 fully saturated rings. The molecule has 2 N–H and O–H groups in total. The lowest BCUT2D eigenvalue weighted by Gasteiger charge is -2.20. The van der Waals surface area contributed by atoms with Crippen LogP contribution >= 0.6 is 0 Å². The third-order valence-electron chi connectivity index (χ3n) is 1.43. The van der Waals surface area contributed by atoms with Crippen molar-refractivity contribution in [2.24, 2.45) is 0 Å². The van der Waals surface area contributed by atoms with Gasteiger partial charge >= 0.3 is 0 Å². The Balaban J connectivity index is 2.27. The van der Waals surface area contributed by atoms with E-state index in [2.05, 4.69) is 10.6 Å². The Morgan fingerprint density at radius 2 is 2.64 bits per heavy atom. The van der Waals surface area contributed by atoms with Crippen molar-refractivity contribution in [3.63, 3.8) is 0 Å². The molecule has 0 bridgehead atoms. The van der Waals surface area contributed by atoms with Crippen molar-refractivity contribution in [2.45, 2.75) is 6.92 Å². The summed E-state index contributed by atoms with van der Waals surface area (Å²) in [5.41, 5.74) is 0. The van der Waals surface area contributed by atoms with Crippen LogP contribution in [0.3, 0.4) is 0 Å². The lowest BCUT2D eigenvalue weighted by molar-refractivity contribution is -0.125. The number of likely N-dealkylation sites (N-methyl/N-ethyl adjacent to an activating group) is 1. The van der Waals surface area contributed by atoms with Gasteiger partial charge in [-0.15, -0.1) is 0 Å². The fourth-order valence-electron chi connectivity index (χ4n) is 0.904. The number of ether oxygens (including phenoxy) is 1. The average molecular weight is 157 g/mol. The van der Waals surface area contributed by atoms with Crippen LogP contribution in [0, 0.1) is 6.10 Å². The highest BCUT2D eigenvalue weighted by atomic mass is 16.5. The number of hydrogen-bond acceptors (Lipinski definition) is 3. The molecule has 4 heteroatoms. The van der Waals surface area contributed by atoms with Crippen molar-refractivity contribution < 1.29 is 9.53 Å². The zero-order chi connectivity index (χ0) is 8.10. The minimum absolute atomic E-state index is 0.0975. The van der Waals surface area contributed by atoms with E-state index in [0.29, 0.717) is 25.8 Å². The molecule has 4 nitrogen and oxygen atoms in total. The zero-order valence-corrected chi connectivity index (χ0v) is 6.64. The van der Waals surface area contributed by atoms with Crippen LogP contribution in [0.4, 0.5) is 0 Å². The van der Waals surface area contributed by atoms with E-state index >= 15 is 0 Å². The summed E-state index contributed by atoms with van der Waals surface area (Å²) in [6.07, 6.45) is 0.498. The summed E-state index contributed by atoms with van der Waals surface area (Å²) < 4.78 is 5.13. The molecule has 1 radical (unpaired) electrons. The molecule has 0 aromatic carbocycles. The van der Waals surface area contributed by atoms with Crippen LogP contribution < -0.4 is 10.6 Å². The number of morpholine rings is 1. The Hall–Kier alpha value is -0.610. The number of amides is 1. The summed E-state index contributed by atoms with van der Waals surface area (Å²) in [4.78, 5) is 11.1. The van der Waals surface area contributed by atoms with E-state index in [1.165, 1.54) is 0 Å². The van der Waals surface area contributed by atoms with Crippen LogP contribution in [0.2, 0.25) is 0 Å². The van der Waals surface area contributed by atoms with Gasteiger partial charge < -0.3 is 15.4 Å². The first-order chi connectivity index (χ1) is 5.34. The van der Waals surface area contributed by atoms with E-state index < -0.39 is 0 Å². The molecule has 0 atom stereocenters. The van der Waals surface area contributed by atoms with Crippen LogP contribution in [0.1, 0.15) is 6.92 Å². The summed E-state index contributed by atoms with van der Waals surface area (Å²) in [7, 11) is 0. The van der Waals surface area contributed by atoms with Gasteiger partial charge in [0.05, 0.1) is 6.61 Å². The SMILES string of the molecule is CCNC(=O)[C]1CNCCO1. The smallest absolute Gasteiger partial charge is 0.257 e. The van der Waals surface area contributed by atoms with Crippen molar-refractivity contribution in [1.29, 1.82) is 0 Å². The number of nitrogens with one attached hydrogen (secondary N) is 2. The highest BCUT2D eigenvalue weighted by Crippen LogP contribution is 2.03. The fraction of sp³-hybridized carbons (Fsp3) is 0.714. The summed E-state index contributed by atoms with van der Waals surface area (Å²) >= 11 is 0. The van der Waals surface area contributed by atoms with Gasteiger partial charge in [-0.3, -0.25) is 4.79 Å². The lowest BCUT2D eigenvalue weighted by atomic mass is 10.3. The van der Waals surface area contributed by atoms with E-state index in [1.807, 2.05) is 6.92 Å². The van der Waals surface area contributed by atoms with Crippen molar-refractivity contribution in [3.05, 3.63) is 6.10 Å². The second-order valence-corrected chi connectivity index (χ2v) is 2.31. The van der Waals surface area contributed by atoms with Gasteiger partial charge in [-0.25, -0.2) is 0 Å². The normalized spacial score (nSPS) is 19.7. The van der Waals surface area contributed by atoms with Crippen molar-refractivity contribution in [2.75, 3.05) is 26.2 Å². The molecule has 63 valence electrons. The molecule has 0 aromatic rings. The average Bonchev–Trinajstić information content (AvgIpc) is 2.07. The van der Waals surface area contributed by atoms with Crippen LogP contribution in [0.5, 0.6) is 0 Å². The van der Waals surface area contributed by atoms with Crippen LogP contribution in [-0.2, 0) is 9.53 Å². The molecule has 0 unspecified atom stereocenters. The van der Waals surface area contributed by atoms with Crippen molar-refractivity contribution >= 4 is 5.91 Å². The van der Waals surface area contributed by atoms with E-state index in [4.69, 9.17) is 4.74 Å². The Kier molecular flexibility index (Phi) is 3.32. The topological polar surface area (TPSA) is 50.4 Å². The predicted octanol–water partition coefficient (Wildman–Crippen LogP) is -0.726. The van der Waals surface area contributed by atoms with Crippen LogP contribution in [0.25, 0.3) is 0 Å². The molecular weight excluding hydrogens is 144 g/mol. The molecule has 0 spiro atoms. The summed E-state index contributed by atoms with van der Waals surface area (Å²) in [6.45, 7) is 4.49. The van der Waals surface area contributed by atoms with Gasteiger partial charge in [-0.2, -0.15) is 0 Å².